The molecule has 2 fully saturated rings. The maximum Gasteiger partial charge on any atom is 0.0101 e. The second-order valence-electron chi connectivity index (χ2n) is 4.46. The lowest BCUT2D eigenvalue weighted by molar-refractivity contribution is 0.0986. The van der Waals surface area contributed by atoms with Crippen molar-refractivity contribution in [3.8, 4) is 0 Å². The summed E-state index contributed by atoms with van der Waals surface area (Å²) in [5.74, 6) is 2.14. The van der Waals surface area contributed by atoms with E-state index in [1.54, 1.807) is 0 Å². The second-order valence-corrected chi connectivity index (χ2v) is 4.46. The van der Waals surface area contributed by atoms with Crippen molar-refractivity contribution in [2.45, 2.75) is 51.5 Å². The van der Waals surface area contributed by atoms with Gasteiger partial charge in [-0.05, 0) is 31.2 Å². The van der Waals surface area contributed by atoms with E-state index in [-0.39, 0.29) is 0 Å². The Morgan fingerprint density at radius 2 is 2.00 bits per heavy atom. The molecule has 0 spiro atoms. The Kier molecular flexibility index (Phi) is 2.69. The molecule has 0 heterocycles. The van der Waals surface area contributed by atoms with E-state index in [1.807, 2.05) is 0 Å². The first-order chi connectivity index (χ1) is 5.92. The van der Waals surface area contributed by atoms with Crippen LogP contribution in [-0.2, 0) is 0 Å². The summed E-state index contributed by atoms with van der Waals surface area (Å²) in [6.45, 7) is 3.39. The molecule has 3 unspecified atom stereocenters. The molecule has 0 aromatic rings. The van der Waals surface area contributed by atoms with Crippen LogP contribution in [0.1, 0.15) is 45.4 Å². The van der Waals surface area contributed by atoms with Crippen LogP contribution in [0.2, 0.25) is 0 Å². The van der Waals surface area contributed by atoms with E-state index in [4.69, 9.17) is 0 Å². The first-order valence-corrected chi connectivity index (χ1v) is 5.65. The first kappa shape index (κ1) is 8.55. The van der Waals surface area contributed by atoms with Gasteiger partial charge >= 0.3 is 0 Å². The van der Waals surface area contributed by atoms with Crippen LogP contribution in [0, 0.1) is 11.8 Å². The zero-order valence-corrected chi connectivity index (χ0v) is 8.18. The van der Waals surface area contributed by atoms with Crippen molar-refractivity contribution >= 4 is 0 Å². The van der Waals surface area contributed by atoms with Gasteiger partial charge in [0.25, 0.3) is 0 Å². The van der Waals surface area contributed by atoms with Crippen LogP contribution in [-0.4, -0.2) is 12.6 Å². The van der Waals surface area contributed by atoms with Gasteiger partial charge in [-0.2, -0.15) is 0 Å². The van der Waals surface area contributed by atoms with Gasteiger partial charge in [0.15, 0.2) is 0 Å². The highest BCUT2D eigenvalue weighted by Crippen LogP contribution is 2.43. The van der Waals surface area contributed by atoms with E-state index in [0.717, 1.165) is 24.4 Å². The monoisotopic (exact) mass is 167 g/mol. The molecule has 70 valence electrons. The number of hydrogen-bond acceptors (Lipinski definition) is 1. The van der Waals surface area contributed by atoms with Gasteiger partial charge in [0.05, 0.1) is 0 Å². The summed E-state index contributed by atoms with van der Waals surface area (Å²) in [7, 11) is 0. The van der Waals surface area contributed by atoms with Crippen molar-refractivity contribution in [3.05, 3.63) is 0 Å². The molecule has 1 nitrogen and oxygen atoms in total. The van der Waals surface area contributed by atoms with Gasteiger partial charge in [0, 0.05) is 6.04 Å². The molecule has 2 aliphatic carbocycles. The van der Waals surface area contributed by atoms with E-state index >= 15 is 0 Å². The van der Waals surface area contributed by atoms with E-state index in [9.17, 15) is 0 Å². The summed E-state index contributed by atoms with van der Waals surface area (Å²) >= 11 is 0. The second kappa shape index (κ2) is 3.78. The van der Waals surface area contributed by atoms with E-state index in [0.29, 0.717) is 0 Å². The number of fused-ring (bicyclic) bond motifs is 1. The number of nitrogens with one attached hydrogen (secondary N) is 1. The molecule has 1 heteroatoms. The maximum absolute atomic E-state index is 3.61. The van der Waals surface area contributed by atoms with Crippen LogP contribution >= 0.6 is 0 Å². The maximum atomic E-state index is 3.61. The van der Waals surface area contributed by atoms with Gasteiger partial charge in [-0.15, -0.1) is 0 Å². The third-order valence-corrected chi connectivity index (χ3v) is 3.76. The highest BCUT2D eigenvalue weighted by atomic mass is 14.9. The fourth-order valence-electron chi connectivity index (χ4n) is 3.04. The molecule has 3 atom stereocenters. The summed E-state index contributed by atoms with van der Waals surface area (Å²) in [5.41, 5.74) is 0. The molecular formula is C11H21N. The molecular weight excluding hydrogens is 146 g/mol. The zero-order valence-electron chi connectivity index (χ0n) is 8.18. The van der Waals surface area contributed by atoms with Gasteiger partial charge in [-0.3, -0.25) is 0 Å². The SMILES string of the molecule is CCNC1CC2CCCCCC21. The number of hydrogen-bond donors (Lipinski definition) is 1. The zero-order chi connectivity index (χ0) is 8.39. The lowest BCUT2D eigenvalue weighted by Gasteiger charge is -2.44. The Hall–Kier alpha value is -0.0400. The molecule has 0 bridgehead atoms. The molecule has 2 saturated carbocycles. The normalized spacial score (nSPS) is 41.2. The lowest BCUT2D eigenvalue weighted by Crippen LogP contribution is -2.49. The minimum Gasteiger partial charge on any atom is -0.314 e. The summed E-state index contributed by atoms with van der Waals surface area (Å²) in [4.78, 5) is 0. The van der Waals surface area contributed by atoms with Crippen molar-refractivity contribution in [1.82, 2.24) is 5.32 Å². The smallest absolute Gasteiger partial charge is 0.0101 e. The Morgan fingerprint density at radius 3 is 2.83 bits per heavy atom. The van der Waals surface area contributed by atoms with Crippen molar-refractivity contribution in [2.24, 2.45) is 11.8 Å². The van der Waals surface area contributed by atoms with Crippen LogP contribution in [0.4, 0.5) is 0 Å². The fraction of sp³-hybridized carbons (Fsp3) is 1.00. The van der Waals surface area contributed by atoms with Gasteiger partial charge in [0.2, 0.25) is 0 Å². The van der Waals surface area contributed by atoms with E-state index in [2.05, 4.69) is 12.2 Å². The minimum atomic E-state index is 0.887. The van der Waals surface area contributed by atoms with Crippen LogP contribution < -0.4 is 5.32 Å². The summed E-state index contributed by atoms with van der Waals surface area (Å²) < 4.78 is 0. The van der Waals surface area contributed by atoms with Crippen molar-refractivity contribution in [3.63, 3.8) is 0 Å². The molecule has 2 rings (SSSR count). The van der Waals surface area contributed by atoms with Gasteiger partial charge in [-0.25, -0.2) is 0 Å². The van der Waals surface area contributed by atoms with E-state index < -0.39 is 0 Å². The highest BCUT2D eigenvalue weighted by Gasteiger charge is 2.39. The molecule has 1 N–H and O–H groups in total. The lowest BCUT2D eigenvalue weighted by atomic mass is 9.67. The van der Waals surface area contributed by atoms with Crippen molar-refractivity contribution in [2.75, 3.05) is 6.54 Å². The molecule has 0 aromatic heterocycles. The Balaban J connectivity index is 1.84. The average molecular weight is 167 g/mol. The standard InChI is InChI=1S/C11H21N/c1-2-12-11-8-9-6-4-3-5-7-10(9)11/h9-12H,2-8H2,1H3. The van der Waals surface area contributed by atoms with Crippen molar-refractivity contribution < 1.29 is 0 Å². The third-order valence-electron chi connectivity index (χ3n) is 3.76. The Labute approximate surface area is 75.9 Å². The van der Waals surface area contributed by atoms with E-state index in [1.165, 1.54) is 38.5 Å². The average Bonchev–Trinajstić information content (AvgIpc) is 2.23. The van der Waals surface area contributed by atoms with Crippen LogP contribution in [0.3, 0.4) is 0 Å². The topological polar surface area (TPSA) is 12.0 Å². The van der Waals surface area contributed by atoms with Crippen LogP contribution in [0.5, 0.6) is 0 Å². The minimum absolute atomic E-state index is 0.887. The third kappa shape index (κ3) is 1.52. The molecule has 0 saturated heterocycles. The predicted octanol–water partition coefficient (Wildman–Crippen LogP) is 2.56. The molecule has 0 amide bonds. The van der Waals surface area contributed by atoms with Crippen LogP contribution in [0.15, 0.2) is 0 Å². The molecule has 12 heavy (non-hydrogen) atoms. The van der Waals surface area contributed by atoms with Gasteiger partial charge in [0.1, 0.15) is 0 Å². The van der Waals surface area contributed by atoms with Crippen LogP contribution in [0.25, 0.3) is 0 Å². The first-order valence-electron chi connectivity index (χ1n) is 5.65. The van der Waals surface area contributed by atoms with Gasteiger partial charge < -0.3 is 5.32 Å². The Bertz CT molecular complexity index is 144. The predicted molar refractivity (Wildman–Crippen MR) is 52.1 cm³/mol. The fourth-order valence-corrected chi connectivity index (χ4v) is 3.04. The largest absolute Gasteiger partial charge is 0.314 e. The van der Waals surface area contributed by atoms with Crippen molar-refractivity contribution in [1.29, 1.82) is 0 Å². The Morgan fingerprint density at radius 1 is 1.17 bits per heavy atom. The molecule has 0 aliphatic heterocycles. The van der Waals surface area contributed by atoms with Gasteiger partial charge in [-0.1, -0.05) is 32.6 Å². The molecule has 0 aromatic carbocycles. The summed E-state index contributed by atoms with van der Waals surface area (Å²) in [5, 5.41) is 3.61. The highest BCUT2D eigenvalue weighted by molar-refractivity contribution is 4.94. The summed E-state index contributed by atoms with van der Waals surface area (Å²) in [6.07, 6.45) is 8.97. The summed E-state index contributed by atoms with van der Waals surface area (Å²) in [6, 6.07) is 0.887. The number of rotatable bonds is 2. The molecule has 2 aliphatic rings. The quantitative estimate of drug-likeness (QED) is 0.666. The molecule has 0 radical (unpaired) electrons.